The van der Waals surface area contributed by atoms with E-state index in [1.165, 1.54) is 0 Å². The Hall–Kier alpha value is -2.64. The zero-order valence-corrected chi connectivity index (χ0v) is 12.4. The van der Waals surface area contributed by atoms with Crippen LogP contribution in [0.2, 0.25) is 0 Å². The molecule has 8 heteroatoms. The smallest absolute Gasteiger partial charge is 0.226 e. The van der Waals surface area contributed by atoms with E-state index in [-0.39, 0.29) is 6.04 Å². The third kappa shape index (κ3) is 2.28. The Bertz CT molecular complexity index is 757. The van der Waals surface area contributed by atoms with E-state index < -0.39 is 0 Å². The van der Waals surface area contributed by atoms with E-state index in [9.17, 15) is 0 Å². The van der Waals surface area contributed by atoms with Crippen LogP contribution in [0.25, 0.3) is 11.0 Å². The second kappa shape index (κ2) is 5.04. The first-order valence-corrected chi connectivity index (χ1v) is 6.68. The van der Waals surface area contributed by atoms with Gasteiger partial charge in [-0.25, -0.2) is 0 Å². The molecule has 3 heterocycles. The second-order valence-electron chi connectivity index (χ2n) is 4.88. The van der Waals surface area contributed by atoms with Gasteiger partial charge in [-0.1, -0.05) is 5.16 Å². The Morgan fingerprint density at radius 1 is 1.29 bits per heavy atom. The lowest BCUT2D eigenvalue weighted by molar-refractivity contribution is 0.392. The van der Waals surface area contributed by atoms with Gasteiger partial charge in [0.25, 0.3) is 0 Å². The number of fused-ring (bicyclic) bond motifs is 1. The molecule has 0 amide bonds. The van der Waals surface area contributed by atoms with Crippen molar-refractivity contribution in [3.63, 3.8) is 0 Å². The molecule has 0 aliphatic carbocycles. The fraction of sp³-hybridized carbons (Fsp3) is 0.385. The number of H-pyrrole nitrogens is 1. The van der Waals surface area contributed by atoms with Crippen molar-refractivity contribution in [2.75, 3.05) is 17.7 Å². The van der Waals surface area contributed by atoms with Crippen LogP contribution < -0.4 is 10.6 Å². The Morgan fingerprint density at radius 2 is 2.10 bits per heavy atom. The standard InChI is InChI=1S/C13H17N7O/c1-6(10-7(2)20-21-8(10)3)16-11-9-5-15-19-12(9)18-13(14-4)17-11/h5-6H,1-4H3,(H3,14,15,16,17,18,19). The van der Waals surface area contributed by atoms with Gasteiger partial charge in [-0.05, 0) is 20.8 Å². The average Bonchev–Trinajstić information content (AvgIpc) is 3.05. The SMILES string of the molecule is CNc1nc(NC(C)c2c(C)noc2C)c2cn[nH]c2n1. The van der Waals surface area contributed by atoms with Gasteiger partial charge in [-0.15, -0.1) is 0 Å². The van der Waals surface area contributed by atoms with Gasteiger partial charge < -0.3 is 15.2 Å². The first-order valence-electron chi connectivity index (χ1n) is 6.68. The molecule has 1 atom stereocenters. The van der Waals surface area contributed by atoms with Crippen molar-refractivity contribution in [3.8, 4) is 0 Å². The van der Waals surface area contributed by atoms with Gasteiger partial charge >= 0.3 is 0 Å². The monoisotopic (exact) mass is 287 g/mol. The molecule has 0 bridgehead atoms. The number of nitrogens with zero attached hydrogens (tertiary/aromatic N) is 4. The molecule has 0 saturated heterocycles. The predicted molar refractivity (Wildman–Crippen MR) is 79.2 cm³/mol. The molecule has 0 aliphatic heterocycles. The molecule has 3 N–H and O–H groups in total. The molecule has 0 spiro atoms. The summed E-state index contributed by atoms with van der Waals surface area (Å²) in [6.45, 7) is 5.87. The largest absolute Gasteiger partial charge is 0.363 e. The summed E-state index contributed by atoms with van der Waals surface area (Å²) in [5.74, 6) is 2.05. The van der Waals surface area contributed by atoms with E-state index in [2.05, 4.69) is 36.0 Å². The van der Waals surface area contributed by atoms with Crippen LogP contribution in [0.4, 0.5) is 11.8 Å². The minimum Gasteiger partial charge on any atom is -0.363 e. The number of aromatic nitrogens is 5. The maximum atomic E-state index is 5.22. The lowest BCUT2D eigenvalue weighted by Crippen LogP contribution is -2.11. The van der Waals surface area contributed by atoms with Crippen LogP contribution in [-0.4, -0.2) is 32.4 Å². The summed E-state index contributed by atoms with van der Waals surface area (Å²) in [5.41, 5.74) is 2.60. The molecule has 0 saturated carbocycles. The second-order valence-corrected chi connectivity index (χ2v) is 4.88. The van der Waals surface area contributed by atoms with Crippen molar-refractivity contribution in [1.82, 2.24) is 25.3 Å². The minimum atomic E-state index is 0.00829. The molecule has 3 rings (SSSR count). The highest BCUT2D eigenvalue weighted by Gasteiger charge is 2.18. The summed E-state index contributed by atoms with van der Waals surface area (Å²) in [6.07, 6.45) is 1.71. The molecule has 110 valence electrons. The molecule has 3 aromatic heterocycles. The van der Waals surface area contributed by atoms with Gasteiger partial charge in [-0.3, -0.25) is 5.10 Å². The van der Waals surface area contributed by atoms with E-state index in [0.29, 0.717) is 17.4 Å². The van der Waals surface area contributed by atoms with Crippen molar-refractivity contribution in [1.29, 1.82) is 0 Å². The quantitative estimate of drug-likeness (QED) is 0.675. The summed E-state index contributed by atoms with van der Waals surface area (Å²) in [7, 11) is 1.78. The highest BCUT2D eigenvalue weighted by Crippen LogP contribution is 2.27. The van der Waals surface area contributed by atoms with Crippen molar-refractivity contribution in [2.24, 2.45) is 0 Å². The Morgan fingerprint density at radius 3 is 2.76 bits per heavy atom. The summed E-state index contributed by atoms with van der Waals surface area (Å²) in [5, 5.41) is 18.0. The number of aryl methyl sites for hydroxylation is 2. The van der Waals surface area contributed by atoms with Gasteiger partial charge in [-0.2, -0.15) is 15.1 Å². The molecule has 0 aliphatic rings. The van der Waals surface area contributed by atoms with Gasteiger partial charge in [0.15, 0.2) is 5.65 Å². The van der Waals surface area contributed by atoms with Crippen molar-refractivity contribution in [3.05, 3.63) is 23.2 Å². The Balaban J connectivity index is 1.99. The molecular weight excluding hydrogens is 270 g/mol. The fourth-order valence-corrected chi connectivity index (χ4v) is 2.44. The van der Waals surface area contributed by atoms with Crippen LogP contribution >= 0.6 is 0 Å². The van der Waals surface area contributed by atoms with Crippen LogP contribution in [0.15, 0.2) is 10.7 Å². The van der Waals surface area contributed by atoms with Crippen LogP contribution in [0, 0.1) is 13.8 Å². The van der Waals surface area contributed by atoms with Gasteiger partial charge in [0, 0.05) is 12.6 Å². The number of hydrogen-bond acceptors (Lipinski definition) is 7. The molecule has 3 aromatic rings. The van der Waals surface area contributed by atoms with Crippen molar-refractivity contribution in [2.45, 2.75) is 26.8 Å². The van der Waals surface area contributed by atoms with Crippen molar-refractivity contribution < 1.29 is 4.52 Å². The number of hydrogen-bond donors (Lipinski definition) is 3. The van der Waals surface area contributed by atoms with Crippen LogP contribution in [0.5, 0.6) is 0 Å². The fourth-order valence-electron chi connectivity index (χ4n) is 2.44. The maximum Gasteiger partial charge on any atom is 0.226 e. The Kier molecular flexibility index (Phi) is 3.20. The molecular formula is C13H17N7O. The molecule has 0 aromatic carbocycles. The predicted octanol–water partition coefficient (Wildman–Crippen LogP) is 2.17. The first kappa shape index (κ1) is 13.3. The van der Waals surface area contributed by atoms with Gasteiger partial charge in [0.05, 0.1) is 23.3 Å². The van der Waals surface area contributed by atoms with E-state index in [4.69, 9.17) is 4.52 Å². The van der Waals surface area contributed by atoms with E-state index in [0.717, 1.165) is 22.4 Å². The van der Waals surface area contributed by atoms with E-state index >= 15 is 0 Å². The topological polar surface area (TPSA) is 105 Å². The van der Waals surface area contributed by atoms with Crippen LogP contribution in [0.1, 0.15) is 30.0 Å². The molecule has 21 heavy (non-hydrogen) atoms. The van der Waals surface area contributed by atoms with E-state index in [1.807, 2.05) is 20.8 Å². The third-order valence-corrected chi connectivity index (χ3v) is 3.41. The number of anilines is 2. The van der Waals surface area contributed by atoms with Crippen molar-refractivity contribution >= 4 is 22.8 Å². The molecule has 1 unspecified atom stereocenters. The highest BCUT2D eigenvalue weighted by atomic mass is 16.5. The lowest BCUT2D eigenvalue weighted by atomic mass is 10.1. The summed E-state index contributed by atoms with van der Waals surface area (Å²) in [6, 6.07) is 0.00829. The summed E-state index contributed by atoms with van der Waals surface area (Å²) in [4.78, 5) is 8.76. The van der Waals surface area contributed by atoms with E-state index in [1.54, 1.807) is 13.2 Å². The first-order chi connectivity index (χ1) is 10.1. The van der Waals surface area contributed by atoms with Gasteiger partial charge in [0.1, 0.15) is 11.6 Å². The molecule has 8 nitrogen and oxygen atoms in total. The average molecular weight is 287 g/mol. The Labute approximate surface area is 121 Å². The highest BCUT2D eigenvalue weighted by molar-refractivity contribution is 5.87. The third-order valence-electron chi connectivity index (χ3n) is 3.41. The van der Waals surface area contributed by atoms with Crippen LogP contribution in [-0.2, 0) is 0 Å². The normalized spacial score (nSPS) is 12.6. The lowest BCUT2D eigenvalue weighted by Gasteiger charge is -2.15. The maximum absolute atomic E-state index is 5.22. The minimum absolute atomic E-state index is 0.00829. The summed E-state index contributed by atoms with van der Waals surface area (Å²) < 4.78 is 5.22. The zero-order valence-electron chi connectivity index (χ0n) is 12.4. The van der Waals surface area contributed by atoms with Crippen LogP contribution in [0.3, 0.4) is 0 Å². The number of rotatable bonds is 4. The molecule has 0 fully saturated rings. The zero-order chi connectivity index (χ0) is 15.0. The number of aromatic amines is 1. The number of nitrogens with one attached hydrogen (secondary N) is 3. The van der Waals surface area contributed by atoms with Gasteiger partial charge in [0.2, 0.25) is 5.95 Å². The summed E-state index contributed by atoms with van der Waals surface area (Å²) >= 11 is 0. The molecule has 0 radical (unpaired) electrons.